The molecule has 0 saturated heterocycles. The molecular weight excluding hydrogens is 160 g/mol. The molecule has 0 bridgehead atoms. The van der Waals surface area contributed by atoms with Gasteiger partial charge in [0.15, 0.2) is 0 Å². The van der Waals surface area contributed by atoms with Crippen LogP contribution in [0.2, 0.25) is 0 Å². The molecule has 0 aromatic rings. The fourth-order valence-corrected chi connectivity index (χ4v) is 0.672. The Balaban J connectivity index is 3.85. The van der Waals surface area contributed by atoms with Crippen LogP contribution in [0.5, 0.6) is 0 Å². The second-order valence-corrected chi connectivity index (χ2v) is 2.51. The van der Waals surface area contributed by atoms with E-state index in [4.69, 9.17) is 14.2 Å². The lowest BCUT2D eigenvalue weighted by atomic mass is 10.5. The van der Waals surface area contributed by atoms with Crippen molar-refractivity contribution in [2.75, 3.05) is 13.7 Å². The number of hydrogen-bond acceptors (Lipinski definition) is 4. The van der Waals surface area contributed by atoms with Crippen molar-refractivity contribution in [3.8, 4) is 0 Å². The largest absolute Gasteiger partial charge is 0.459 e. The molecule has 0 radical (unpaired) electrons. The van der Waals surface area contributed by atoms with Crippen molar-refractivity contribution in [3.63, 3.8) is 0 Å². The number of hydrogen-bond donors (Lipinski definition) is 0. The van der Waals surface area contributed by atoms with E-state index in [-0.39, 0.29) is 6.10 Å². The zero-order valence-electron chi connectivity index (χ0n) is 7.99. The lowest BCUT2D eigenvalue weighted by Crippen LogP contribution is -2.30. The molecule has 0 spiro atoms. The Labute approximate surface area is 72.8 Å². The summed E-state index contributed by atoms with van der Waals surface area (Å²) >= 11 is 0. The highest BCUT2D eigenvalue weighted by atomic mass is 16.7. The molecule has 0 amide bonds. The quantitative estimate of drug-likeness (QED) is 0.462. The minimum absolute atomic E-state index is 0.143. The molecule has 0 rings (SSSR count). The van der Waals surface area contributed by atoms with Crippen molar-refractivity contribution < 1.29 is 19.0 Å². The number of carbonyl (C=O) groups is 1. The van der Waals surface area contributed by atoms with Crippen LogP contribution < -0.4 is 0 Å². The van der Waals surface area contributed by atoms with Crippen molar-refractivity contribution in [2.24, 2.45) is 0 Å². The molecule has 4 heteroatoms. The standard InChI is InChI=1S/C8H16O4/c1-5-11-8(10-4)7(9)12-6(2)3/h6,8H,5H2,1-4H3. The van der Waals surface area contributed by atoms with E-state index in [1.165, 1.54) is 7.11 Å². The van der Waals surface area contributed by atoms with Crippen LogP contribution in [0.25, 0.3) is 0 Å². The minimum Gasteiger partial charge on any atom is -0.459 e. The average Bonchev–Trinajstić information content (AvgIpc) is 1.98. The zero-order chi connectivity index (χ0) is 9.56. The normalized spacial score (nSPS) is 13.1. The maximum absolute atomic E-state index is 11.1. The summed E-state index contributed by atoms with van der Waals surface area (Å²) in [6, 6.07) is 0. The number of rotatable bonds is 5. The van der Waals surface area contributed by atoms with Crippen LogP contribution in [0, 0.1) is 0 Å². The summed E-state index contributed by atoms with van der Waals surface area (Å²) in [5, 5.41) is 0. The van der Waals surface area contributed by atoms with Gasteiger partial charge in [-0.1, -0.05) is 0 Å². The molecule has 0 N–H and O–H groups in total. The van der Waals surface area contributed by atoms with Gasteiger partial charge in [-0.25, -0.2) is 4.79 Å². The SMILES string of the molecule is CCOC(OC)C(=O)OC(C)C. The van der Waals surface area contributed by atoms with Gasteiger partial charge in [0.1, 0.15) is 0 Å². The summed E-state index contributed by atoms with van der Waals surface area (Å²) in [7, 11) is 1.40. The van der Waals surface area contributed by atoms with Gasteiger partial charge in [-0.15, -0.1) is 0 Å². The number of esters is 1. The molecule has 0 aromatic heterocycles. The number of ether oxygens (including phenoxy) is 3. The van der Waals surface area contributed by atoms with E-state index < -0.39 is 12.3 Å². The lowest BCUT2D eigenvalue weighted by molar-refractivity contribution is -0.191. The van der Waals surface area contributed by atoms with Gasteiger partial charge in [-0.3, -0.25) is 0 Å². The predicted octanol–water partition coefficient (Wildman–Crippen LogP) is 0.947. The summed E-state index contributed by atoms with van der Waals surface area (Å²) in [4.78, 5) is 11.1. The van der Waals surface area contributed by atoms with Crippen LogP contribution in [0.4, 0.5) is 0 Å². The molecule has 12 heavy (non-hydrogen) atoms. The summed E-state index contributed by atoms with van der Waals surface area (Å²) in [6.45, 7) is 5.76. The Bertz CT molecular complexity index is 133. The van der Waals surface area contributed by atoms with Crippen LogP contribution in [-0.2, 0) is 19.0 Å². The van der Waals surface area contributed by atoms with Crippen molar-refractivity contribution in [3.05, 3.63) is 0 Å². The predicted molar refractivity (Wildman–Crippen MR) is 43.7 cm³/mol. The molecule has 0 aliphatic carbocycles. The van der Waals surface area contributed by atoms with Crippen LogP contribution in [-0.4, -0.2) is 32.1 Å². The van der Waals surface area contributed by atoms with E-state index >= 15 is 0 Å². The average molecular weight is 176 g/mol. The first-order chi connectivity index (χ1) is 5.61. The maximum Gasteiger partial charge on any atom is 0.363 e. The van der Waals surface area contributed by atoms with Gasteiger partial charge in [-0.2, -0.15) is 0 Å². The van der Waals surface area contributed by atoms with Gasteiger partial charge in [0.25, 0.3) is 6.29 Å². The molecule has 1 unspecified atom stereocenters. The molecule has 0 aliphatic heterocycles. The highest BCUT2D eigenvalue weighted by Crippen LogP contribution is 1.99. The second-order valence-electron chi connectivity index (χ2n) is 2.51. The highest BCUT2D eigenvalue weighted by Gasteiger charge is 2.20. The van der Waals surface area contributed by atoms with Crippen molar-refractivity contribution in [1.82, 2.24) is 0 Å². The molecular formula is C8H16O4. The molecule has 1 atom stereocenters. The smallest absolute Gasteiger partial charge is 0.363 e. The van der Waals surface area contributed by atoms with E-state index in [1.54, 1.807) is 20.8 Å². The Hall–Kier alpha value is -0.610. The van der Waals surface area contributed by atoms with E-state index in [1.807, 2.05) is 0 Å². The molecule has 4 nitrogen and oxygen atoms in total. The number of methoxy groups -OCH3 is 1. The highest BCUT2D eigenvalue weighted by molar-refractivity contribution is 5.73. The Morgan fingerprint density at radius 2 is 2.00 bits per heavy atom. The van der Waals surface area contributed by atoms with Gasteiger partial charge in [0.2, 0.25) is 0 Å². The van der Waals surface area contributed by atoms with E-state index in [0.29, 0.717) is 6.61 Å². The van der Waals surface area contributed by atoms with Crippen molar-refractivity contribution in [2.45, 2.75) is 33.2 Å². The van der Waals surface area contributed by atoms with Gasteiger partial charge < -0.3 is 14.2 Å². The molecule has 0 aromatic carbocycles. The first-order valence-electron chi connectivity index (χ1n) is 3.96. The fraction of sp³-hybridized carbons (Fsp3) is 0.875. The van der Waals surface area contributed by atoms with Crippen LogP contribution in [0.3, 0.4) is 0 Å². The summed E-state index contributed by atoms with van der Waals surface area (Å²) in [5.41, 5.74) is 0. The summed E-state index contributed by atoms with van der Waals surface area (Å²) in [5.74, 6) is -0.477. The fourth-order valence-electron chi connectivity index (χ4n) is 0.672. The maximum atomic E-state index is 11.1. The lowest BCUT2D eigenvalue weighted by Gasteiger charge is -2.15. The first kappa shape index (κ1) is 11.4. The van der Waals surface area contributed by atoms with Crippen molar-refractivity contribution in [1.29, 1.82) is 0 Å². The van der Waals surface area contributed by atoms with Gasteiger partial charge >= 0.3 is 5.97 Å². The monoisotopic (exact) mass is 176 g/mol. The third-order valence-corrected chi connectivity index (χ3v) is 1.08. The minimum atomic E-state index is -0.891. The topological polar surface area (TPSA) is 44.8 Å². The third kappa shape index (κ3) is 4.31. The second kappa shape index (κ2) is 5.97. The third-order valence-electron chi connectivity index (χ3n) is 1.08. The molecule has 0 saturated carbocycles. The summed E-state index contributed by atoms with van der Waals surface area (Å²) < 4.78 is 14.6. The zero-order valence-corrected chi connectivity index (χ0v) is 7.99. The molecule has 72 valence electrons. The Morgan fingerprint density at radius 1 is 1.42 bits per heavy atom. The van der Waals surface area contributed by atoms with Gasteiger partial charge in [0, 0.05) is 13.7 Å². The molecule has 0 fully saturated rings. The first-order valence-corrected chi connectivity index (χ1v) is 3.96. The van der Waals surface area contributed by atoms with Gasteiger partial charge in [0.05, 0.1) is 6.10 Å². The van der Waals surface area contributed by atoms with Crippen molar-refractivity contribution >= 4 is 5.97 Å². The van der Waals surface area contributed by atoms with Gasteiger partial charge in [-0.05, 0) is 20.8 Å². The van der Waals surface area contributed by atoms with Crippen LogP contribution in [0.15, 0.2) is 0 Å². The number of carbonyl (C=O) groups excluding carboxylic acids is 1. The molecule has 0 heterocycles. The Kier molecular flexibility index (Phi) is 5.66. The molecule has 0 aliphatic rings. The van der Waals surface area contributed by atoms with E-state index in [0.717, 1.165) is 0 Å². The van der Waals surface area contributed by atoms with E-state index in [9.17, 15) is 4.79 Å². The Morgan fingerprint density at radius 3 is 2.33 bits per heavy atom. The van der Waals surface area contributed by atoms with Crippen LogP contribution >= 0.6 is 0 Å². The van der Waals surface area contributed by atoms with Crippen LogP contribution in [0.1, 0.15) is 20.8 Å². The summed E-state index contributed by atoms with van der Waals surface area (Å²) in [6.07, 6.45) is -1.03. The van der Waals surface area contributed by atoms with E-state index in [2.05, 4.69) is 0 Å².